The van der Waals surface area contributed by atoms with E-state index in [1.165, 1.54) is 19.6 Å². The van der Waals surface area contributed by atoms with Crippen molar-refractivity contribution >= 4 is 64.7 Å². The van der Waals surface area contributed by atoms with Crippen LogP contribution in [0.15, 0.2) is 248 Å². The van der Waals surface area contributed by atoms with Crippen LogP contribution in [0.5, 0.6) is 0 Å². The molecule has 0 spiro atoms. The molecule has 0 saturated carbocycles. The number of nitrogens with zero attached hydrogens (tertiary/aromatic N) is 3. The van der Waals surface area contributed by atoms with Crippen LogP contribution in [0.4, 0.5) is 0 Å². The van der Waals surface area contributed by atoms with E-state index in [-0.39, 0.29) is 0 Å². The van der Waals surface area contributed by atoms with Crippen LogP contribution in [0.2, 0.25) is 0 Å². The SMILES string of the molecule is c1ccc(-c2nc(-c3cccc(-n4c5ccc(S(c6ccccc6)(c6ccccc6)c6ccccc6)cc5c5ccc6c7ccccc7oc6c54)c3)nc3ccccc23)cc1. The van der Waals surface area contributed by atoms with Gasteiger partial charge >= 0.3 is 0 Å². The maximum absolute atomic E-state index is 6.85. The molecule has 61 heavy (non-hydrogen) atoms. The molecule has 12 rings (SSSR count). The van der Waals surface area contributed by atoms with Crippen molar-refractivity contribution in [2.75, 3.05) is 0 Å². The van der Waals surface area contributed by atoms with Crippen LogP contribution < -0.4 is 0 Å². The van der Waals surface area contributed by atoms with Crippen molar-refractivity contribution < 1.29 is 4.42 Å². The van der Waals surface area contributed by atoms with Gasteiger partial charge in [0.1, 0.15) is 5.58 Å². The van der Waals surface area contributed by atoms with E-state index in [1.807, 2.05) is 18.2 Å². The molecule has 0 amide bonds. The minimum Gasteiger partial charge on any atom is -0.454 e. The highest BCUT2D eigenvalue weighted by atomic mass is 32.3. The van der Waals surface area contributed by atoms with Crippen LogP contribution in [0, 0.1) is 0 Å². The van der Waals surface area contributed by atoms with Crippen molar-refractivity contribution in [3.63, 3.8) is 0 Å². The number of rotatable bonds is 7. The van der Waals surface area contributed by atoms with Crippen molar-refractivity contribution in [2.24, 2.45) is 0 Å². The standard InChI is InChI=1S/C56H37N3OS/c1-5-18-38(19-6-1)53-48-29-13-15-30-50(48)57-56(58-53)39-20-17-21-40(36-39)59-51-35-32-44(37-49(51)46-33-34-47-45-28-14-16-31-52(45)60-55(47)54(46)59)61(41-22-7-2-8-23-41,42-24-9-3-10-25-42)43-26-11-4-12-27-43/h1-37H. The Labute approximate surface area is 354 Å². The summed E-state index contributed by atoms with van der Waals surface area (Å²) in [5, 5.41) is 5.51. The third-order valence-corrected chi connectivity index (χ3v) is 15.8. The summed E-state index contributed by atoms with van der Waals surface area (Å²) in [6.45, 7) is 0. The molecule has 5 heteroatoms. The average molecular weight is 800 g/mol. The largest absolute Gasteiger partial charge is 0.454 e. The van der Waals surface area contributed by atoms with Gasteiger partial charge in [-0.05, 0) is 84.9 Å². The Bertz CT molecular complexity index is 3480. The molecule has 4 nitrogen and oxygen atoms in total. The predicted octanol–water partition coefficient (Wildman–Crippen LogP) is 15.3. The second-order valence-electron chi connectivity index (χ2n) is 15.3. The summed E-state index contributed by atoms with van der Waals surface area (Å²) in [5.74, 6) is 0.679. The van der Waals surface area contributed by atoms with Crippen molar-refractivity contribution in [3.8, 4) is 28.3 Å². The molecule has 0 aliphatic heterocycles. The first-order valence-electron chi connectivity index (χ1n) is 20.6. The van der Waals surface area contributed by atoms with Gasteiger partial charge < -0.3 is 8.98 Å². The Morgan fingerprint density at radius 3 is 1.69 bits per heavy atom. The van der Waals surface area contributed by atoms with Gasteiger partial charge in [-0.3, -0.25) is 0 Å². The molecule has 12 aromatic rings. The van der Waals surface area contributed by atoms with E-state index in [2.05, 4.69) is 211 Å². The zero-order valence-electron chi connectivity index (χ0n) is 33.0. The molecule has 0 N–H and O–H groups in total. The molecule has 0 radical (unpaired) electrons. The summed E-state index contributed by atoms with van der Waals surface area (Å²) in [5.41, 5.74) is 8.68. The maximum Gasteiger partial charge on any atom is 0.160 e. The van der Waals surface area contributed by atoms with Crippen molar-refractivity contribution in [3.05, 3.63) is 224 Å². The Hall–Kier alpha value is -7.73. The highest BCUT2D eigenvalue weighted by molar-refractivity contribution is 8.34. The highest BCUT2D eigenvalue weighted by Crippen LogP contribution is 2.73. The lowest BCUT2D eigenvalue weighted by atomic mass is 10.1. The molecule has 0 aliphatic rings. The van der Waals surface area contributed by atoms with Gasteiger partial charge in [0, 0.05) is 63.3 Å². The fourth-order valence-corrected chi connectivity index (χ4v) is 13.1. The molecular weight excluding hydrogens is 763 g/mol. The van der Waals surface area contributed by atoms with E-state index >= 15 is 0 Å². The highest BCUT2D eigenvalue weighted by Gasteiger charge is 2.34. The summed E-state index contributed by atoms with van der Waals surface area (Å²) in [4.78, 5) is 15.5. The zero-order valence-corrected chi connectivity index (χ0v) is 33.8. The Morgan fingerprint density at radius 2 is 0.984 bits per heavy atom. The van der Waals surface area contributed by atoms with Gasteiger partial charge in [0.2, 0.25) is 0 Å². The monoisotopic (exact) mass is 799 g/mol. The number of para-hydroxylation sites is 2. The molecule has 288 valence electrons. The first-order chi connectivity index (χ1) is 30.3. The third-order valence-electron chi connectivity index (χ3n) is 11.9. The number of aromatic nitrogens is 3. The molecule has 9 aromatic carbocycles. The lowest BCUT2D eigenvalue weighted by molar-refractivity contribution is 0.671. The lowest BCUT2D eigenvalue weighted by Gasteiger charge is -2.42. The topological polar surface area (TPSA) is 43.9 Å². The van der Waals surface area contributed by atoms with Gasteiger partial charge in [-0.1, -0.05) is 140 Å². The molecular formula is C56H37N3OS. The Morgan fingerprint density at radius 1 is 0.393 bits per heavy atom. The van der Waals surface area contributed by atoms with Gasteiger partial charge in [-0.2, -0.15) is 0 Å². The quantitative estimate of drug-likeness (QED) is 0.161. The molecule has 3 aromatic heterocycles. The summed E-state index contributed by atoms with van der Waals surface area (Å²) in [6.07, 6.45) is 0. The number of furan rings is 1. The number of benzene rings is 9. The molecule has 0 fully saturated rings. The van der Waals surface area contributed by atoms with Gasteiger partial charge in [0.15, 0.2) is 11.4 Å². The van der Waals surface area contributed by atoms with E-state index in [0.29, 0.717) is 5.82 Å². The summed E-state index contributed by atoms with van der Waals surface area (Å²) < 4.78 is 9.23. The first kappa shape index (κ1) is 35.2. The van der Waals surface area contributed by atoms with Crippen LogP contribution in [0.3, 0.4) is 0 Å². The van der Waals surface area contributed by atoms with Gasteiger partial charge in [0.05, 0.1) is 22.2 Å². The van der Waals surface area contributed by atoms with E-state index < -0.39 is 10.0 Å². The van der Waals surface area contributed by atoms with E-state index in [9.17, 15) is 0 Å². The van der Waals surface area contributed by atoms with Crippen molar-refractivity contribution in [2.45, 2.75) is 19.6 Å². The third kappa shape index (κ3) is 5.55. The second-order valence-corrected chi connectivity index (χ2v) is 18.4. The second kappa shape index (κ2) is 14.2. The minimum absolute atomic E-state index is 0.679. The van der Waals surface area contributed by atoms with Crippen molar-refractivity contribution in [1.29, 1.82) is 0 Å². The van der Waals surface area contributed by atoms with Gasteiger partial charge in [0.25, 0.3) is 0 Å². The van der Waals surface area contributed by atoms with Gasteiger partial charge in [-0.15, -0.1) is 10.0 Å². The fraction of sp³-hybridized carbons (Fsp3) is 0. The fourth-order valence-electron chi connectivity index (χ4n) is 9.22. The molecule has 0 bridgehead atoms. The summed E-state index contributed by atoms with van der Waals surface area (Å²) in [7, 11) is -1.93. The summed E-state index contributed by atoms with van der Waals surface area (Å²) in [6, 6.07) is 80.4. The first-order valence-corrected chi connectivity index (χ1v) is 22.2. The Balaban J connectivity index is 1.15. The average Bonchev–Trinajstić information content (AvgIpc) is 3.89. The maximum atomic E-state index is 6.85. The molecule has 0 unspecified atom stereocenters. The van der Waals surface area contributed by atoms with Crippen molar-refractivity contribution in [1.82, 2.24) is 14.5 Å². The molecule has 3 heterocycles. The normalized spacial score (nSPS) is 12.2. The van der Waals surface area contributed by atoms with Crippen LogP contribution in [0.1, 0.15) is 0 Å². The molecule has 0 saturated heterocycles. The van der Waals surface area contributed by atoms with Crippen LogP contribution in [0.25, 0.3) is 83.0 Å². The molecule has 0 atom stereocenters. The van der Waals surface area contributed by atoms with Crippen LogP contribution >= 0.6 is 10.0 Å². The lowest BCUT2D eigenvalue weighted by Crippen LogP contribution is -2.05. The molecule has 0 aliphatic carbocycles. The predicted molar refractivity (Wildman–Crippen MR) is 252 cm³/mol. The van der Waals surface area contributed by atoms with E-state index in [0.717, 1.165) is 77.2 Å². The number of hydrogen-bond acceptors (Lipinski definition) is 3. The van der Waals surface area contributed by atoms with Crippen LogP contribution in [-0.2, 0) is 0 Å². The smallest absolute Gasteiger partial charge is 0.160 e. The zero-order chi connectivity index (χ0) is 40.3. The Kier molecular flexibility index (Phi) is 8.22. The summed E-state index contributed by atoms with van der Waals surface area (Å²) >= 11 is 0. The number of hydrogen-bond donors (Lipinski definition) is 0. The van der Waals surface area contributed by atoms with Gasteiger partial charge in [-0.25, -0.2) is 9.97 Å². The van der Waals surface area contributed by atoms with Crippen LogP contribution in [-0.4, -0.2) is 14.5 Å². The van der Waals surface area contributed by atoms with E-state index in [1.54, 1.807) is 0 Å². The minimum atomic E-state index is -1.93. The number of fused-ring (bicyclic) bond motifs is 8. The van der Waals surface area contributed by atoms with E-state index in [4.69, 9.17) is 14.4 Å².